The molecule has 1 aliphatic rings. The molecule has 0 amide bonds. The van der Waals surface area contributed by atoms with E-state index in [-0.39, 0.29) is 11.9 Å². The highest BCUT2D eigenvalue weighted by Crippen LogP contribution is 2.25. The van der Waals surface area contributed by atoms with Gasteiger partial charge in [0.2, 0.25) is 0 Å². The summed E-state index contributed by atoms with van der Waals surface area (Å²) in [5, 5.41) is 0. The molecule has 1 aromatic rings. The van der Waals surface area contributed by atoms with Crippen molar-refractivity contribution in [3.05, 3.63) is 29.8 Å². The Balaban J connectivity index is 2.11. The van der Waals surface area contributed by atoms with Crippen molar-refractivity contribution in [1.82, 2.24) is 0 Å². The van der Waals surface area contributed by atoms with E-state index in [1.54, 1.807) is 0 Å². The number of hydrogen-bond acceptors (Lipinski definition) is 3. The lowest BCUT2D eigenvalue weighted by Crippen LogP contribution is -2.29. The van der Waals surface area contributed by atoms with Gasteiger partial charge in [0.15, 0.2) is 0 Å². The molecule has 2 rings (SSSR count). The van der Waals surface area contributed by atoms with Crippen LogP contribution in [0.15, 0.2) is 24.3 Å². The third-order valence-corrected chi connectivity index (χ3v) is 3.73. The minimum atomic E-state index is -0.190. The van der Waals surface area contributed by atoms with Crippen LogP contribution in [0.25, 0.3) is 0 Å². The lowest BCUT2D eigenvalue weighted by atomic mass is 10.00. The molecule has 1 atom stereocenters. The number of esters is 1. The fraction of sp³-hybridized carbons (Fsp3) is 0.562. The molecule has 3 nitrogen and oxygen atoms in total. The van der Waals surface area contributed by atoms with E-state index in [2.05, 4.69) is 17.0 Å². The highest BCUT2D eigenvalue weighted by molar-refractivity contribution is 5.78. The molecule has 0 unspecified atom stereocenters. The molecule has 0 N–H and O–H groups in total. The third kappa shape index (κ3) is 3.49. The standard InChI is InChI=1S/C16H23NO2/c1-3-19-16(18)13(2)14-8-7-9-15(12-14)17-10-5-4-6-11-17/h7-9,12-13H,3-6,10-11H2,1-2H3/t13-/m0/s1. The predicted octanol–water partition coefficient (Wildman–Crippen LogP) is 3.34. The zero-order valence-electron chi connectivity index (χ0n) is 11.9. The number of benzene rings is 1. The fourth-order valence-electron chi connectivity index (χ4n) is 2.55. The van der Waals surface area contributed by atoms with Crippen LogP contribution in [0.4, 0.5) is 5.69 Å². The number of rotatable bonds is 4. The van der Waals surface area contributed by atoms with Crippen LogP contribution in [0.3, 0.4) is 0 Å². The molecule has 0 bridgehead atoms. The molecule has 1 aliphatic heterocycles. The van der Waals surface area contributed by atoms with E-state index in [9.17, 15) is 4.79 Å². The van der Waals surface area contributed by atoms with Gasteiger partial charge in [0.05, 0.1) is 12.5 Å². The number of anilines is 1. The van der Waals surface area contributed by atoms with Crippen molar-refractivity contribution in [2.24, 2.45) is 0 Å². The van der Waals surface area contributed by atoms with Crippen molar-refractivity contribution in [1.29, 1.82) is 0 Å². The van der Waals surface area contributed by atoms with E-state index in [0.29, 0.717) is 6.61 Å². The van der Waals surface area contributed by atoms with Gasteiger partial charge in [0, 0.05) is 18.8 Å². The number of hydrogen-bond donors (Lipinski definition) is 0. The molecular weight excluding hydrogens is 238 g/mol. The molecule has 104 valence electrons. The highest BCUT2D eigenvalue weighted by Gasteiger charge is 2.18. The van der Waals surface area contributed by atoms with Crippen molar-refractivity contribution in [3.63, 3.8) is 0 Å². The van der Waals surface area contributed by atoms with Crippen molar-refractivity contribution in [3.8, 4) is 0 Å². The van der Waals surface area contributed by atoms with Crippen molar-refractivity contribution in [2.45, 2.75) is 39.0 Å². The van der Waals surface area contributed by atoms with Crippen LogP contribution in [0, 0.1) is 0 Å². The van der Waals surface area contributed by atoms with Crippen molar-refractivity contribution in [2.75, 3.05) is 24.6 Å². The molecule has 19 heavy (non-hydrogen) atoms. The van der Waals surface area contributed by atoms with E-state index >= 15 is 0 Å². The predicted molar refractivity (Wildman–Crippen MR) is 77.6 cm³/mol. The van der Waals surface area contributed by atoms with Crippen molar-refractivity contribution < 1.29 is 9.53 Å². The Labute approximate surface area is 115 Å². The minimum Gasteiger partial charge on any atom is -0.466 e. The third-order valence-electron chi connectivity index (χ3n) is 3.73. The molecule has 0 saturated carbocycles. The number of carbonyl (C=O) groups is 1. The maximum Gasteiger partial charge on any atom is 0.313 e. The molecule has 1 aromatic carbocycles. The normalized spacial score (nSPS) is 17.1. The van der Waals surface area contributed by atoms with Crippen LogP contribution < -0.4 is 4.90 Å². The first-order valence-corrected chi connectivity index (χ1v) is 7.24. The Bertz CT molecular complexity index is 425. The van der Waals surface area contributed by atoms with Crippen LogP contribution in [0.5, 0.6) is 0 Å². The summed E-state index contributed by atoms with van der Waals surface area (Å²) < 4.78 is 5.09. The van der Waals surface area contributed by atoms with Gasteiger partial charge >= 0.3 is 5.97 Å². The van der Waals surface area contributed by atoms with Gasteiger partial charge in [-0.15, -0.1) is 0 Å². The summed E-state index contributed by atoms with van der Waals surface area (Å²) >= 11 is 0. The molecular formula is C16H23NO2. The summed E-state index contributed by atoms with van der Waals surface area (Å²) in [7, 11) is 0. The number of carbonyl (C=O) groups excluding carboxylic acids is 1. The van der Waals surface area contributed by atoms with Gasteiger partial charge in [-0.05, 0) is 50.8 Å². The minimum absolute atomic E-state index is 0.140. The summed E-state index contributed by atoms with van der Waals surface area (Å²) in [5.41, 5.74) is 2.27. The summed E-state index contributed by atoms with van der Waals surface area (Å²) in [4.78, 5) is 14.2. The van der Waals surface area contributed by atoms with E-state index < -0.39 is 0 Å². The zero-order valence-corrected chi connectivity index (χ0v) is 11.9. The molecule has 1 heterocycles. The zero-order chi connectivity index (χ0) is 13.7. The molecule has 1 saturated heterocycles. The molecule has 0 radical (unpaired) electrons. The molecule has 0 spiro atoms. The second-order valence-electron chi connectivity index (χ2n) is 5.12. The number of nitrogens with zero attached hydrogens (tertiary/aromatic N) is 1. The van der Waals surface area contributed by atoms with E-state index in [1.165, 1.54) is 24.9 Å². The quantitative estimate of drug-likeness (QED) is 0.778. The van der Waals surface area contributed by atoms with Crippen LogP contribution in [-0.2, 0) is 9.53 Å². The first kappa shape index (κ1) is 13.9. The van der Waals surface area contributed by atoms with E-state index in [1.807, 2.05) is 26.0 Å². The highest BCUT2D eigenvalue weighted by atomic mass is 16.5. The van der Waals surface area contributed by atoms with E-state index in [4.69, 9.17) is 4.74 Å². The summed E-state index contributed by atoms with van der Waals surface area (Å²) in [6.45, 7) is 6.44. The first-order chi connectivity index (χ1) is 9.22. The van der Waals surface area contributed by atoms with Gasteiger partial charge in [0.1, 0.15) is 0 Å². The van der Waals surface area contributed by atoms with Gasteiger partial charge in [-0.25, -0.2) is 0 Å². The Morgan fingerprint density at radius 3 is 2.74 bits per heavy atom. The maximum absolute atomic E-state index is 11.8. The van der Waals surface area contributed by atoms with Gasteiger partial charge in [-0.1, -0.05) is 12.1 Å². The largest absolute Gasteiger partial charge is 0.466 e. The Hall–Kier alpha value is -1.51. The van der Waals surface area contributed by atoms with Crippen LogP contribution >= 0.6 is 0 Å². The van der Waals surface area contributed by atoms with E-state index in [0.717, 1.165) is 18.7 Å². The Morgan fingerprint density at radius 1 is 1.32 bits per heavy atom. The smallest absolute Gasteiger partial charge is 0.313 e. The average Bonchev–Trinajstić information content (AvgIpc) is 2.48. The van der Waals surface area contributed by atoms with Gasteiger partial charge in [-0.3, -0.25) is 4.79 Å². The molecule has 1 fully saturated rings. The van der Waals surface area contributed by atoms with Gasteiger partial charge in [-0.2, -0.15) is 0 Å². The number of ether oxygens (including phenoxy) is 1. The topological polar surface area (TPSA) is 29.5 Å². The van der Waals surface area contributed by atoms with Gasteiger partial charge in [0.25, 0.3) is 0 Å². The average molecular weight is 261 g/mol. The lowest BCUT2D eigenvalue weighted by Gasteiger charge is -2.29. The monoisotopic (exact) mass is 261 g/mol. The van der Waals surface area contributed by atoms with Crippen LogP contribution in [0.2, 0.25) is 0 Å². The maximum atomic E-state index is 11.8. The summed E-state index contributed by atoms with van der Waals surface area (Å²) in [6.07, 6.45) is 3.85. The Kier molecular flexibility index (Phi) is 4.83. The van der Waals surface area contributed by atoms with Gasteiger partial charge < -0.3 is 9.64 Å². The van der Waals surface area contributed by atoms with Crippen LogP contribution in [0.1, 0.15) is 44.6 Å². The fourth-order valence-corrected chi connectivity index (χ4v) is 2.55. The number of piperidine rings is 1. The summed E-state index contributed by atoms with van der Waals surface area (Å²) in [5.74, 6) is -0.331. The lowest BCUT2D eigenvalue weighted by molar-refractivity contribution is -0.144. The van der Waals surface area contributed by atoms with Crippen LogP contribution in [-0.4, -0.2) is 25.7 Å². The second-order valence-corrected chi connectivity index (χ2v) is 5.12. The molecule has 0 aliphatic carbocycles. The second kappa shape index (κ2) is 6.60. The van der Waals surface area contributed by atoms with Crippen molar-refractivity contribution >= 4 is 11.7 Å². The molecule has 0 aromatic heterocycles. The SMILES string of the molecule is CCOC(=O)[C@@H](C)c1cccc(N2CCCCC2)c1. The Morgan fingerprint density at radius 2 is 2.05 bits per heavy atom. The molecule has 3 heteroatoms. The summed E-state index contributed by atoms with van der Waals surface area (Å²) in [6, 6.07) is 8.31. The first-order valence-electron chi connectivity index (χ1n) is 7.24.